The minimum Gasteiger partial charge on any atom is -0.321 e. The zero-order valence-corrected chi connectivity index (χ0v) is 17.1. The number of para-hydroxylation sites is 1. The normalized spacial score (nSPS) is 11.1. The van der Waals surface area contributed by atoms with E-state index < -0.39 is 0 Å². The Morgan fingerprint density at radius 2 is 1.83 bits per heavy atom. The standard InChI is InChI=1S/C22H16N4OS2/c1-14-19(29-21(23-14)15-7-3-2-4-8-15)20(27)24-17-10-6-5-9-16(17)18-13-26-11-12-28-22(26)25-18/h2-13H,1H3,(H,24,27). The molecule has 7 heteroatoms. The molecule has 0 saturated heterocycles. The van der Waals surface area contributed by atoms with Crippen LogP contribution in [-0.2, 0) is 0 Å². The van der Waals surface area contributed by atoms with E-state index >= 15 is 0 Å². The molecule has 0 aliphatic rings. The van der Waals surface area contributed by atoms with Crippen molar-refractivity contribution in [3.8, 4) is 21.8 Å². The summed E-state index contributed by atoms with van der Waals surface area (Å²) in [5.41, 5.74) is 4.20. The maximum absolute atomic E-state index is 13.0. The van der Waals surface area contributed by atoms with E-state index in [1.807, 2.05) is 83.7 Å². The van der Waals surface area contributed by atoms with Gasteiger partial charge in [0.15, 0.2) is 4.96 Å². The number of benzene rings is 2. The van der Waals surface area contributed by atoms with Crippen LogP contribution in [-0.4, -0.2) is 20.3 Å². The topological polar surface area (TPSA) is 59.3 Å². The third kappa shape index (κ3) is 3.35. The van der Waals surface area contributed by atoms with Gasteiger partial charge < -0.3 is 5.32 Å². The van der Waals surface area contributed by atoms with Gasteiger partial charge in [0.25, 0.3) is 5.91 Å². The highest BCUT2D eigenvalue weighted by molar-refractivity contribution is 7.17. The molecule has 1 N–H and O–H groups in total. The Kier molecular flexibility index (Phi) is 4.46. The number of imidazole rings is 1. The van der Waals surface area contributed by atoms with Gasteiger partial charge in [-0.1, -0.05) is 48.5 Å². The van der Waals surface area contributed by atoms with Crippen molar-refractivity contribution in [1.82, 2.24) is 14.4 Å². The summed E-state index contributed by atoms with van der Waals surface area (Å²) >= 11 is 2.99. The predicted octanol–water partition coefficient (Wildman–Crippen LogP) is 5.75. The Morgan fingerprint density at radius 3 is 2.66 bits per heavy atom. The lowest BCUT2D eigenvalue weighted by atomic mass is 10.1. The smallest absolute Gasteiger partial charge is 0.267 e. The average molecular weight is 417 g/mol. The third-order valence-corrected chi connectivity index (χ3v) is 6.54. The lowest BCUT2D eigenvalue weighted by Crippen LogP contribution is -2.12. The number of nitrogens with zero attached hydrogens (tertiary/aromatic N) is 3. The number of rotatable bonds is 4. The van der Waals surface area contributed by atoms with Crippen LogP contribution in [0, 0.1) is 6.92 Å². The summed E-state index contributed by atoms with van der Waals surface area (Å²) < 4.78 is 1.98. The minimum atomic E-state index is -0.157. The van der Waals surface area contributed by atoms with Gasteiger partial charge in [0.2, 0.25) is 0 Å². The fourth-order valence-electron chi connectivity index (χ4n) is 3.16. The van der Waals surface area contributed by atoms with Crippen molar-refractivity contribution in [2.75, 3.05) is 5.32 Å². The number of thiazole rings is 2. The summed E-state index contributed by atoms with van der Waals surface area (Å²) in [5, 5.41) is 5.89. The van der Waals surface area contributed by atoms with Crippen LogP contribution in [0.4, 0.5) is 5.69 Å². The molecule has 0 radical (unpaired) electrons. The molecule has 0 unspecified atom stereocenters. The lowest BCUT2D eigenvalue weighted by Gasteiger charge is -2.08. The summed E-state index contributed by atoms with van der Waals surface area (Å²) in [5.74, 6) is -0.157. The first-order valence-corrected chi connectivity index (χ1v) is 10.7. The average Bonchev–Trinajstić information content (AvgIpc) is 3.44. The van der Waals surface area contributed by atoms with Gasteiger partial charge in [-0.3, -0.25) is 9.20 Å². The Morgan fingerprint density at radius 1 is 1.03 bits per heavy atom. The van der Waals surface area contributed by atoms with Crippen molar-refractivity contribution in [2.24, 2.45) is 0 Å². The Hall–Kier alpha value is -3.29. The van der Waals surface area contributed by atoms with Gasteiger partial charge in [-0.15, -0.1) is 22.7 Å². The van der Waals surface area contributed by atoms with Gasteiger partial charge in [0, 0.05) is 28.9 Å². The number of fused-ring (bicyclic) bond motifs is 1. The molecule has 5 aromatic rings. The monoisotopic (exact) mass is 416 g/mol. The Bertz CT molecular complexity index is 1290. The summed E-state index contributed by atoms with van der Waals surface area (Å²) in [6.07, 6.45) is 3.95. The molecule has 0 aliphatic heterocycles. The maximum atomic E-state index is 13.0. The van der Waals surface area contributed by atoms with Crippen LogP contribution >= 0.6 is 22.7 Å². The van der Waals surface area contributed by atoms with Crippen LogP contribution in [0.3, 0.4) is 0 Å². The van der Waals surface area contributed by atoms with Crippen molar-refractivity contribution >= 4 is 39.2 Å². The van der Waals surface area contributed by atoms with Crippen LogP contribution < -0.4 is 5.32 Å². The van der Waals surface area contributed by atoms with Gasteiger partial charge in [-0.25, -0.2) is 9.97 Å². The fraction of sp³-hybridized carbons (Fsp3) is 0.0455. The summed E-state index contributed by atoms with van der Waals surface area (Å²) in [7, 11) is 0. The number of hydrogen-bond acceptors (Lipinski definition) is 5. The molecule has 1 amide bonds. The molecular formula is C22H16N4OS2. The van der Waals surface area contributed by atoms with E-state index in [1.165, 1.54) is 11.3 Å². The SMILES string of the molecule is Cc1nc(-c2ccccc2)sc1C(=O)Nc1ccccc1-c1cn2ccsc2n1. The minimum absolute atomic E-state index is 0.157. The molecule has 0 fully saturated rings. The second-order valence-corrected chi connectivity index (χ2v) is 8.39. The van der Waals surface area contributed by atoms with E-state index in [9.17, 15) is 4.79 Å². The Labute approximate surface area is 175 Å². The molecule has 3 heterocycles. The molecule has 0 bridgehead atoms. The molecule has 142 valence electrons. The molecule has 29 heavy (non-hydrogen) atoms. The van der Waals surface area contributed by atoms with Crippen molar-refractivity contribution in [3.05, 3.63) is 82.9 Å². The van der Waals surface area contributed by atoms with E-state index in [2.05, 4.69) is 15.3 Å². The highest BCUT2D eigenvalue weighted by Crippen LogP contribution is 2.31. The summed E-state index contributed by atoms with van der Waals surface area (Å²) in [4.78, 5) is 23.8. The molecule has 0 aliphatic carbocycles. The van der Waals surface area contributed by atoms with E-state index in [4.69, 9.17) is 0 Å². The van der Waals surface area contributed by atoms with E-state index in [0.29, 0.717) is 4.88 Å². The number of amides is 1. The molecule has 5 nitrogen and oxygen atoms in total. The van der Waals surface area contributed by atoms with Crippen molar-refractivity contribution in [3.63, 3.8) is 0 Å². The summed E-state index contributed by atoms with van der Waals surface area (Å²) in [6, 6.07) is 17.6. The first-order chi connectivity index (χ1) is 14.2. The second kappa shape index (κ2) is 7.27. The second-order valence-electron chi connectivity index (χ2n) is 6.52. The van der Waals surface area contributed by atoms with Gasteiger partial charge in [-0.05, 0) is 13.0 Å². The fourth-order valence-corrected chi connectivity index (χ4v) is 4.83. The van der Waals surface area contributed by atoms with E-state index in [0.717, 1.165) is 38.2 Å². The van der Waals surface area contributed by atoms with Crippen LogP contribution in [0.15, 0.2) is 72.4 Å². The zero-order chi connectivity index (χ0) is 19.8. The quantitative estimate of drug-likeness (QED) is 0.406. The number of carbonyl (C=O) groups excluding carboxylic acids is 1. The van der Waals surface area contributed by atoms with Crippen LogP contribution in [0.1, 0.15) is 15.4 Å². The predicted molar refractivity (Wildman–Crippen MR) is 119 cm³/mol. The summed E-state index contributed by atoms with van der Waals surface area (Å²) in [6.45, 7) is 1.87. The molecular weight excluding hydrogens is 400 g/mol. The van der Waals surface area contributed by atoms with Crippen molar-refractivity contribution in [1.29, 1.82) is 0 Å². The number of aromatic nitrogens is 3. The van der Waals surface area contributed by atoms with Crippen molar-refractivity contribution in [2.45, 2.75) is 6.92 Å². The van der Waals surface area contributed by atoms with Gasteiger partial charge >= 0.3 is 0 Å². The Balaban J connectivity index is 1.46. The molecule has 5 rings (SSSR count). The first kappa shape index (κ1) is 17.8. The number of hydrogen-bond donors (Lipinski definition) is 1. The first-order valence-electron chi connectivity index (χ1n) is 9.05. The van der Waals surface area contributed by atoms with Gasteiger partial charge in [-0.2, -0.15) is 0 Å². The highest BCUT2D eigenvalue weighted by Gasteiger charge is 2.18. The third-order valence-electron chi connectivity index (χ3n) is 4.57. The maximum Gasteiger partial charge on any atom is 0.267 e. The largest absolute Gasteiger partial charge is 0.321 e. The number of aryl methyl sites for hydroxylation is 1. The highest BCUT2D eigenvalue weighted by atomic mass is 32.1. The van der Waals surface area contributed by atoms with Crippen LogP contribution in [0.2, 0.25) is 0 Å². The van der Waals surface area contributed by atoms with Crippen molar-refractivity contribution < 1.29 is 4.79 Å². The molecule has 2 aromatic carbocycles. The van der Waals surface area contributed by atoms with Gasteiger partial charge in [0.05, 0.1) is 17.1 Å². The van der Waals surface area contributed by atoms with E-state index in [1.54, 1.807) is 11.3 Å². The number of anilines is 1. The number of nitrogens with one attached hydrogen (secondary N) is 1. The molecule has 0 saturated carbocycles. The van der Waals surface area contributed by atoms with Crippen LogP contribution in [0.25, 0.3) is 26.8 Å². The lowest BCUT2D eigenvalue weighted by molar-refractivity contribution is 0.103. The van der Waals surface area contributed by atoms with E-state index in [-0.39, 0.29) is 5.91 Å². The van der Waals surface area contributed by atoms with Crippen LogP contribution in [0.5, 0.6) is 0 Å². The molecule has 0 spiro atoms. The molecule has 3 aromatic heterocycles. The number of carbonyl (C=O) groups is 1. The molecule has 0 atom stereocenters. The van der Waals surface area contributed by atoms with Gasteiger partial charge in [0.1, 0.15) is 9.88 Å². The zero-order valence-electron chi connectivity index (χ0n) is 15.5.